The molecule has 51 heavy (non-hydrogen) atoms. The van der Waals surface area contributed by atoms with Gasteiger partial charge in [-0.15, -0.1) is 0 Å². The number of hydrogen-bond acceptors (Lipinski definition) is 3. The second-order valence-electron chi connectivity index (χ2n) is 16.1. The lowest BCUT2D eigenvalue weighted by atomic mass is 9.78. The van der Waals surface area contributed by atoms with Crippen LogP contribution in [-0.2, 0) is 14.7 Å². The van der Waals surface area contributed by atoms with Crippen molar-refractivity contribution in [1.29, 1.82) is 0 Å². The Morgan fingerprint density at radius 1 is 0.549 bits per heavy atom. The molecule has 0 unspecified atom stereocenters. The van der Waals surface area contributed by atoms with Gasteiger partial charge in [-0.2, -0.15) is 0 Å². The molecular formula is C45H52OP2S2Si. The smallest absolute Gasteiger partial charge is 0.258 e. The van der Waals surface area contributed by atoms with E-state index < -0.39 is 22.6 Å². The molecule has 1 nitrogen and oxygen atoms in total. The van der Waals surface area contributed by atoms with E-state index in [-0.39, 0.29) is 15.7 Å². The number of allylic oxidation sites excluding steroid dienone is 3. The highest BCUT2D eigenvalue weighted by molar-refractivity contribution is 8.70. The Hall–Kier alpha value is -2.32. The summed E-state index contributed by atoms with van der Waals surface area (Å²) in [7, 11) is -3.96. The van der Waals surface area contributed by atoms with Crippen LogP contribution >= 0.6 is 37.0 Å². The van der Waals surface area contributed by atoms with Crippen LogP contribution in [0, 0.1) is 5.41 Å². The summed E-state index contributed by atoms with van der Waals surface area (Å²) in [6.07, 6.45) is 5.46. The van der Waals surface area contributed by atoms with Crippen molar-refractivity contribution in [1.82, 2.24) is 0 Å². The van der Waals surface area contributed by atoms with Gasteiger partial charge in [0.05, 0.1) is 16.1 Å². The fourth-order valence-electron chi connectivity index (χ4n) is 8.87. The lowest BCUT2D eigenvalue weighted by molar-refractivity contribution is 0.267. The van der Waals surface area contributed by atoms with Gasteiger partial charge in [-0.05, 0) is 38.9 Å². The Kier molecular flexibility index (Phi) is 10.3. The highest BCUT2D eigenvalue weighted by Crippen LogP contribution is 3.03. The monoisotopic (exact) mass is 762 g/mol. The molecular weight excluding hydrogens is 711 g/mol. The minimum Gasteiger partial charge on any atom is -0.545 e. The van der Waals surface area contributed by atoms with Gasteiger partial charge < -0.3 is 4.43 Å². The topological polar surface area (TPSA) is 9.23 Å². The number of benzene rings is 4. The van der Waals surface area contributed by atoms with Crippen LogP contribution in [-0.4, -0.2) is 8.32 Å². The highest BCUT2D eigenvalue weighted by atomic mass is 32.7. The van der Waals surface area contributed by atoms with Crippen molar-refractivity contribution in [2.45, 2.75) is 89.2 Å². The summed E-state index contributed by atoms with van der Waals surface area (Å²) in [5, 5.41) is 1.07. The van der Waals surface area contributed by atoms with Crippen LogP contribution in [0.25, 0.3) is 9.81 Å². The molecule has 0 saturated carbocycles. The molecule has 0 amide bonds. The summed E-state index contributed by atoms with van der Waals surface area (Å²) in [5.41, 5.74) is 6.75. The number of rotatable bonds is 9. The molecule has 0 aromatic heterocycles. The summed E-state index contributed by atoms with van der Waals surface area (Å²) < 4.78 is 8.11. The zero-order chi connectivity index (χ0) is 36.2. The standard InChI is InChI=1S/C45H52OP2S2Si/c1-32(2)51(33(3)4,34(5)6)46-41(43(7,8)9)42-47-44(37-26-18-12-19-27-37,30-39(49-47)35-22-14-10-15-23-35)45(38-28-20-13-21-29-38)31-40(50-48(42)45)36-24-16-11-17-25-36/h10-34H,1-9H3/t44-,45+,47+,48-. The van der Waals surface area contributed by atoms with Gasteiger partial charge in [0.2, 0.25) is 0 Å². The minimum absolute atomic E-state index is 0.168. The molecule has 0 bridgehead atoms. The van der Waals surface area contributed by atoms with Gasteiger partial charge in [-0.3, -0.25) is 0 Å². The maximum absolute atomic E-state index is 8.11. The van der Waals surface area contributed by atoms with E-state index in [1.807, 2.05) is 0 Å². The Bertz CT molecular complexity index is 1810. The van der Waals surface area contributed by atoms with E-state index in [1.165, 1.54) is 37.8 Å². The van der Waals surface area contributed by atoms with Gasteiger partial charge in [0, 0.05) is 34.5 Å². The third kappa shape index (κ3) is 5.92. The van der Waals surface area contributed by atoms with Crippen LogP contribution in [0.2, 0.25) is 16.6 Å². The van der Waals surface area contributed by atoms with Crippen molar-refractivity contribution in [2.75, 3.05) is 0 Å². The quantitative estimate of drug-likeness (QED) is 0.0955. The number of fused-ring (bicyclic) bond motifs is 3. The van der Waals surface area contributed by atoms with Gasteiger partial charge in [-0.25, -0.2) is 0 Å². The summed E-state index contributed by atoms with van der Waals surface area (Å²) >= 11 is 4.31. The first-order valence-corrected chi connectivity index (χ1v) is 26.1. The molecule has 1 saturated heterocycles. The molecule has 6 heteroatoms. The van der Waals surface area contributed by atoms with Crippen LogP contribution < -0.4 is 0 Å². The van der Waals surface area contributed by atoms with Crippen molar-refractivity contribution in [3.05, 3.63) is 167 Å². The Morgan fingerprint density at radius 2 is 0.882 bits per heavy atom. The normalized spacial score (nSPS) is 25.6. The summed E-state index contributed by atoms with van der Waals surface area (Å²) in [5.74, 6) is 1.30. The highest BCUT2D eigenvalue weighted by Gasteiger charge is 2.73. The van der Waals surface area contributed by atoms with E-state index in [0.29, 0.717) is 16.6 Å². The Balaban J connectivity index is 1.64. The van der Waals surface area contributed by atoms with Gasteiger partial charge in [0.1, 0.15) is 0 Å². The third-order valence-electron chi connectivity index (χ3n) is 11.1. The zero-order valence-electron chi connectivity index (χ0n) is 31.6. The first-order valence-electron chi connectivity index (χ1n) is 18.5. The van der Waals surface area contributed by atoms with Crippen LogP contribution in [0.5, 0.6) is 0 Å². The largest absolute Gasteiger partial charge is 0.545 e. The molecule has 0 radical (unpaired) electrons. The van der Waals surface area contributed by atoms with Gasteiger partial charge >= 0.3 is 0 Å². The maximum Gasteiger partial charge on any atom is 0.258 e. The fourth-order valence-corrected chi connectivity index (χ4v) is 31.7. The van der Waals surface area contributed by atoms with Crippen molar-refractivity contribution in [3.63, 3.8) is 0 Å². The molecule has 0 N–H and O–H groups in total. The average molecular weight is 763 g/mol. The predicted molar refractivity (Wildman–Crippen MR) is 233 cm³/mol. The molecule has 4 atom stereocenters. The van der Waals surface area contributed by atoms with Crippen molar-refractivity contribution in [3.8, 4) is 0 Å². The second-order valence-corrected chi connectivity index (χ2v) is 29.8. The summed E-state index contributed by atoms with van der Waals surface area (Å²) in [6.45, 7) is 21.9. The number of hydrogen-bond donors (Lipinski definition) is 0. The maximum atomic E-state index is 8.11. The lowest BCUT2D eigenvalue weighted by Crippen LogP contribution is -2.48. The van der Waals surface area contributed by atoms with E-state index in [9.17, 15) is 0 Å². The Labute approximate surface area is 319 Å². The van der Waals surface area contributed by atoms with E-state index in [0.717, 1.165) is 0 Å². The summed E-state index contributed by atoms with van der Waals surface area (Å²) in [4.78, 5) is 2.79. The molecule has 0 aliphatic carbocycles. The second kappa shape index (κ2) is 14.2. The summed E-state index contributed by atoms with van der Waals surface area (Å²) in [6, 6.07) is 45.4. The first kappa shape index (κ1) is 37.0. The molecule has 264 valence electrons. The van der Waals surface area contributed by atoms with E-state index in [4.69, 9.17) is 4.43 Å². The molecule has 3 heterocycles. The van der Waals surface area contributed by atoms with E-state index >= 15 is 0 Å². The minimum atomic E-state index is -2.31. The zero-order valence-corrected chi connectivity index (χ0v) is 36.0. The molecule has 3 aliphatic rings. The van der Waals surface area contributed by atoms with Crippen molar-refractivity contribution >= 4 is 55.1 Å². The van der Waals surface area contributed by atoms with E-state index in [2.05, 4.69) is 219 Å². The van der Waals surface area contributed by atoms with Crippen LogP contribution in [0.1, 0.15) is 84.6 Å². The van der Waals surface area contributed by atoms with Gasteiger partial charge in [0.25, 0.3) is 8.32 Å². The lowest BCUT2D eigenvalue weighted by Gasteiger charge is -2.46. The Morgan fingerprint density at radius 3 is 1.20 bits per heavy atom. The molecule has 3 aliphatic heterocycles. The molecule has 7 rings (SSSR count). The van der Waals surface area contributed by atoms with Gasteiger partial charge in [0.15, 0.2) is 0 Å². The molecule has 4 aromatic carbocycles. The van der Waals surface area contributed by atoms with Crippen molar-refractivity contribution in [2.24, 2.45) is 5.41 Å². The first-order chi connectivity index (χ1) is 24.4. The van der Waals surface area contributed by atoms with Crippen LogP contribution in [0.3, 0.4) is 0 Å². The average Bonchev–Trinajstić information content (AvgIpc) is 3.77. The van der Waals surface area contributed by atoms with E-state index in [1.54, 1.807) is 5.06 Å². The fraction of sp³-hybridized carbons (Fsp3) is 0.333. The predicted octanol–water partition coefficient (Wildman–Crippen LogP) is 15.6. The van der Waals surface area contributed by atoms with Gasteiger partial charge in [-0.1, -0.05) is 219 Å². The molecule has 0 spiro atoms. The van der Waals surface area contributed by atoms with Crippen LogP contribution in [0.15, 0.2) is 144 Å². The third-order valence-corrected chi connectivity index (χ3v) is 29.7. The molecule has 4 aromatic rings. The molecule has 1 fully saturated rings. The SMILES string of the molecule is CC(C)[Si](OC(=C1[P@@]2SC(c3ccccc3)=C[C@]2(c2ccccc2)[C@]2(c3ccccc3)C=C(c3ccccc3)S[P@@]12)C(C)(C)C)(C(C)C)C(C)C. The van der Waals surface area contributed by atoms with Crippen molar-refractivity contribution < 1.29 is 4.43 Å². The van der Waals surface area contributed by atoms with Crippen LogP contribution in [0.4, 0.5) is 0 Å².